The summed E-state index contributed by atoms with van der Waals surface area (Å²) >= 11 is 1.32. The van der Waals surface area contributed by atoms with Gasteiger partial charge in [-0.25, -0.2) is 4.98 Å². The van der Waals surface area contributed by atoms with E-state index in [1.54, 1.807) is 31.5 Å². The lowest BCUT2D eigenvalue weighted by molar-refractivity contribution is -0.143. The molecule has 5 nitrogen and oxygen atoms in total. The molecule has 0 saturated heterocycles. The molecule has 12 heteroatoms. The molecule has 0 radical (unpaired) electrons. The number of aryl methyl sites for hydroxylation is 1. The topological polar surface area (TPSA) is 66.9 Å². The SMILES string of the molecule is Cc1ccc(NC(=O)c2cc(C(F)(F)F)cc(C(F)(F)F)c2)cc1Nc1nc(-c2cccnc2)cs1. The molecule has 0 saturated carbocycles. The van der Waals surface area contributed by atoms with E-state index in [0.29, 0.717) is 28.6 Å². The van der Waals surface area contributed by atoms with Crippen LogP contribution in [0.4, 0.5) is 42.8 Å². The number of nitrogens with zero attached hydrogens (tertiary/aromatic N) is 2. The number of carbonyl (C=O) groups is 1. The Balaban J connectivity index is 1.57. The zero-order chi connectivity index (χ0) is 26.1. The van der Waals surface area contributed by atoms with Crippen molar-refractivity contribution in [2.75, 3.05) is 10.6 Å². The van der Waals surface area contributed by atoms with Crippen LogP contribution in [0.1, 0.15) is 27.0 Å². The summed E-state index contributed by atoms with van der Waals surface area (Å²) in [4.78, 5) is 21.1. The zero-order valence-electron chi connectivity index (χ0n) is 18.3. The lowest BCUT2D eigenvalue weighted by atomic mass is 10.0. The Morgan fingerprint density at radius 3 is 2.25 bits per heavy atom. The summed E-state index contributed by atoms with van der Waals surface area (Å²) in [6.07, 6.45) is -6.81. The summed E-state index contributed by atoms with van der Waals surface area (Å²) in [6.45, 7) is 1.78. The van der Waals surface area contributed by atoms with Gasteiger partial charge in [0.2, 0.25) is 0 Å². The Morgan fingerprint density at radius 1 is 0.944 bits per heavy atom. The van der Waals surface area contributed by atoms with E-state index in [0.717, 1.165) is 11.1 Å². The van der Waals surface area contributed by atoms with Gasteiger partial charge in [0, 0.05) is 40.3 Å². The van der Waals surface area contributed by atoms with E-state index in [-0.39, 0.29) is 11.8 Å². The number of alkyl halides is 6. The van der Waals surface area contributed by atoms with Gasteiger partial charge in [-0.2, -0.15) is 26.3 Å². The number of amides is 1. The molecule has 0 aliphatic carbocycles. The predicted molar refractivity (Wildman–Crippen MR) is 124 cm³/mol. The van der Waals surface area contributed by atoms with Gasteiger partial charge < -0.3 is 10.6 Å². The molecule has 0 spiro atoms. The van der Waals surface area contributed by atoms with Crippen molar-refractivity contribution in [3.8, 4) is 11.3 Å². The van der Waals surface area contributed by atoms with Gasteiger partial charge in [-0.15, -0.1) is 11.3 Å². The van der Waals surface area contributed by atoms with E-state index in [1.165, 1.54) is 23.5 Å². The lowest BCUT2D eigenvalue weighted by Gasteiger charge is -2.15. The minimum Gasteiger partial charge on any atom is -0.331 e. The van der Waals surface area contributed by atoms with Gasteiger partial charge in [-0.1, -0.05) is 6.07 Å². The third-order valence-corrected chi connectivity index (χ3v) is 5.81. The quantitative estimate of drug-likeness (QED) is 0.266. The Kier molecular flexibility index (Phi) is 6.72. The fourth-order valence-corrected chi connectivity index (χ4v) is 3.95. The Bertz CT molecular complexity index is 1370. The smallest absolute Gasteiger partial charge is 0.331 e. The highest BCUT2D eigenvalue weighted by Crippen LogP contribution is 2.36. The number of hydrogen-bond donors (Lipinski definition) is 2. The third kappa shape index (κ3) is 5.82. The second kappa shape index (κ2) is 9.61. The molecule has 2 heterocycles. The summed E-state index contributed by atoms with van der Waals surface area (Å²) in [5, 5.41) is 7.83. The van der Waals surface area contributed by atoms with Crippen LogP contribution in [0.25, 0.3) is 11.3 Å². The van der Waals surface area contributed by atoms with Crippen molar-refractivity contribution in [3.63, 3.8) is 0 Å². The largest absolute Gasteiger partial charge is 0.416 e. The van der Waals surface area contributed by atoms with Crippen molar-refractivity contribution in [2.24, 2.45) is 0 Å². The number of nitrogens with one attached hydrogen (secondary N) is 2. The molecule has 2 aromatic carbocycles. The molecule has 0 aliphatic heterocycles. The molecule has 1 amide bonds. The number of benzene rings is 2. The first-order valence-electron chi connectivity index (χ1n) is 10.2. The third-order valence-electron chi connectivity index (χ3n) is 5.05. The molecule has 0 atom stereocenters. The van der Waals surface area contributed by atoms with Crippen molar-refractivity contribution in [2.45, 2.75) is 19.3 Å². The first kappa shape index (κ1) is 25.2. The van der Waals surface area contributed by atoms with Crippen LogP contribution in [0.3, 0.4) is 0 Å². The van der Waals surface area contributed by atoms with Gasteiger partial charge in [0.05, 0.1) is 16.8 Å². The molecule has 0 bridgehead atoms. The number of thiazole rings is 1. The van der Waals surface area contributed by atoms with Crippen molar-refractivity contribution in [1.29, 1.82) is 0 Å². The molecule has 4 aromatic rings. The summed E-state index contributed by atoms with van der Waals surface area (Å²) in [5.74, 6) is -1.12. The van der Waals surface area contributed by atoms with Crippen molar-refractivity contribution >= 4 is 33.8 Å². The van der Waals surface area contributed by atoms with Crippen LogP contribution in [-0.2, 0) is 12.4 Å². The van der Waals surface area contributed by atoms with E-state index in [2.05, 4.69) is 20.6 Å². The molecule has 2 N–H and O–H groups in total. The molecule has 0 fully saturated rings. The maximum Gasteiger partial charge on any atom is 0.416 e. The second-order valence-electron chi connectivity index (χ2n) is 7.68. The number of hydrogen-bond acceptors (Lipinski definition) is 5. The Hall–Kier alpha value is -3.93. The van der Waals surface area contributed by atoms with Crippen molar-refractivity contribution < 1.29 is 31.1 Å². The molecule has 2 aromatic heterocycles. The first-order chi connectivity index (χ1) is 16.9. The molecule has 0 unspecified atom stereocenters. The van der Waals surface area contributed by atoms with Crippen LogP contribution in [0.2, 0.25) is 0 Å². The van der Waals surface area contributed by atoms with Gasteiger partial charge in [-0.05, 0) is 55.0 Å². The fraction of sp³-hybridized carbons (Fsp3) is 0.125. The van der Waals surface area contributed by atoms with Gasteiger partial charge >= 0.3 is 12.4 Å². The highest BCUT2D eigenvalue weighted by atomic mass is 32.1. The maximum absolute atomic E-state index is 13.1. The summed E-state index contributed by atoms with van der Waals surface area (Å²) < 4.78 is 78.8. The summed E-state index contributed by atoms with van der Waals surface area (Å²) in [5.41, 5.74) is -0.911. The standard InChI is InChI=1S/C24H16F6N4OS/c1-13-4-5-18(10-19(13)33-22-34-20(12-36-22)14-3-2-6-31-11-14)32-21(35)15-7-16(23(25,26)27)9-17(8-15)24(28,29)30/h2-12H,1H3,(H,32,35)(H,33,34). The molecular weight excluding hydrogens is 506 g/mol. The lowest BCUT2D eigenvalue weighted by Crippen LogP contribution is -2.17. The van der Waals surface area contributed by atoms with E-state index < -0.39 is 35.0 Å². The number of aromatic nitrogens is 2. The van der Waals surface area contributed by atoms with E-state index in [9.17, 15) is 31.1 Å². The van der Waals surface area contributed by atoms with Crippen molar-refractivity contribution in [1.82, 2.24) is 9.97 Å². The minimum atomic E-state index is -5.06. The maximum atomic E-state index is 13.1. The molecular formula is C24H16F6N4OS. The van der Waals surface area contributed by atoms with Crippen LogP contribution in [0.5, 0.6) is 0 Å². The van der Waals surface area contributed by atoms with Gasteiger partial charge in [-0.3, -0.25) is 9.78 Å². The van der Waals surface area contributed by atoms with E-state index in [1.807, 2.05) is 11.4 Å². The van der Waals surface area contributed by atoms with E-state index >= 15 is 0 Å². The average Bonchev–Trinajstić information content (AvgIpc) is 3.29. The zero-order valence-corrected chi connectivity index (χ0v) is 19.1. The number of halogens is 6. The van der Waals surface area contributed by atoms with Gasteiger partial charge in [0.25, 0.3) is 5.91 Å². The van der Waals surface area contributed by atoms with Crippen LogP contribution in [0.15, 0.2) is 66.3 Å². The van der Waals surface area contributed by atoms with Crippen LogP contribution >= 0.6 is 11.3 Å². The predicted octanol–water partition coefficient (Wildman–Crippen LogP) is 7.55. The van der Waals surface area contributed by atoms with Crippen LogP contribution < -0.4 is 10.6 Å². The second-order valence-corrected chi connectivity index (χ2v) is 8.54. The molecule has 36 heavy (non-hydrogen) atoms. The fourth-order valence-electron chi connectivity index (χ4n) is 3.22. The van der Waals surface area contributed by atoms with E-state index in [4.69, 9.17) is 0 Å². The molecule has 4 rings (SSSR count). The van der Waals surface area contributed by atoms with Gasteiger partial charge in [0.1, 0.15) is 0 Å². The van der Waals surface area contributed by atoms with Gasteiger partial charge in [0.15, 0.2) is 5.13 Å². The minimum absolute atomic E-state index is 0.0293. The number of carbonyl (C=O) groups excluding carboxylic acids is 1. The average molecular weight is 522 g/mol. The number of anilines is 3. The Morgan fingerprint density at radius 2 is 1.64 bits per heavy atom. The first-order valence-corrected chi connectivity index (χ1v) is 11.1. The number of pyridine rings is 1. The Labute approximate surface area is 204 Å². The summed E-state index contributed by atoms with van der Waals surface area (Å²) in [7, 11) is 0. The monoisotopic (exact) mass is 522 g/mol. The van der Waals surface area contributed by atoms with Crippen LogP contribution in [-0.4, -0.2) is 15.9 Å². The molecule has 186 valence electrons. The highest BCUT2D eigenvalue weighted by Gasteiger charge is 2.37. The van der Waals surface area contributed by atoms with Crippen molar-refractivity contribution in [3.05, 3.63) is 88.6 Å². The molecule has 0 aliphatic rings. The summed E-state index contributed by atoms with van der Waals surface area (Å²) in [6, 6.07) is 9.00. The highest BCUT2D eigenvalue weighted by molar-refractivity contribution is 7.14. The normalized spacial score (nSPS) is 11.9. The van der Waals surface area contributed by atoms with Crippen LogP contribution in [0, 0.1) is 6.92 Å². The number of rotatable bonds is 5.